The van der Waals surface area contributed by atoms with Crippen LogP contribution < -0.4 is 10.9 Å². The first-order chi connectivity index (χ1) is 14.5. The van der Waals surface area contributed by atoms with Gasteiger partial charge in [0.05, 0.1) is 11.9 Å². The van der Waals surface area contributed by atoms with E-state index in [2.05, 4.69) is 20.4 Å². The van der Waals surface area contributed by atoms with Crippen molar-refractivity contribution in [1.29, 1.82) is 0 Å². The number of nitrogens with one attached hydrogen (secondary N) is 2. The maximum Gasteiger partial charge on any atom is 0.262 e. The fraction of sp³-hybridized carbons (Fsp3) is 0.182. The molecule has 7 nitrogen and oxygen atoms in total. The van der Waals surface area contributed by atoms with Crippen molar-refractivity contribution >= 4 is 16.9 Å². The third kappa shape index (κ3) is 4.12. The van der Waals surface area contributed by atoms with Crippen molar-refractivity contribution in [2.24, 2.45) is 0 Å². The topological polar surface area (TPSA) is 92.7 Å². The first-order valence-electron chi connectivity index (χ1n) is 9.55. The Labute approximate surface area is 171 Å². The molecule has 0 unspecified atom stereocenters. The molecule has 2 aromatic carbocycles. The molecule has 2 aromatic heterocycles. The van der Waals surface area contributed by atoms with Gasteiger partial charge in [-0.3, -0.25) is 9.59 Å². The monoisotopic (exact) mass is 405 g/mol. The van der Waals surface area contributed by atoms with E-state index in [4.69, 9.17) is 0 Å². The molecular weight excluding hydrogens is 385 g/mol. The Balaban J connectivity index is 1.45. The highest BCUT2D eigenvalue weighted by molar-refractivity contribution is 5.77. The highest BCUT2D eigenvalue weighted by Crippen LogP contribution is 2.14. The van der Waals surface area contributed by atoms with Gasteiger partial charge in [-0.1, -0.05) is 30.3 Å². The molecule has 0 saturated heterocycles. The molecule has 0 aliphatic rings. The molecule has 0 fully saturated rings. The van der Waals surface area contributed by atoms with E-state index in [1.165, 1.54) is 12.3 Å². The minimum absolute atomic E-state index is 0.161. The van der Waals surface area contributed by atoms with Gasteiger partial charge >= 0.3 is 0 Å². The first-order valence-corrected chi connectivity index (χ1v) is 9.55. The van der Waals surface area contributed by atoms with Crippen molar-refractivity contribution in [3.63, 3.8) is 0 Å². The number of hydrogen-bond acceptors (Lipinski definition) is 4. The second-order valence-corrected chi connectivity index (χ2v) is 7.00. The van der Waals surface area contributed by atoms with Gasteiger partial charge in [-0.2, -0.15) is 5.10 Å². The third-order valence-electron chi connectivity index (χ3n) is 4.79. The van der Waals surface area contributed by atoms with Crippen LogP contribution >= 0.6 is 0 Å². The van der Waals surface area contributed by atoms with E-state index in [1.807, 2.05) is 30.3 Å². The highest BCUT2D eigenvalue weighted by Gasteiger charge is 2.12. The van der Waals surface area contributed by atoms with Gasteiger partial charge in [0.2, 0.25) is 5.91 Å². The Morgan fingerprint density at radius 2 is 2.00 bits per heavy atom. The minimum Gasteiger partial charge on any atom is -0.352 e. The second kappa shape index (κ2) is 8.28. The van der Waals surface area contributed by atoms with Gasteiger partial charge in [-0.15, -0.1) is 0 Å². The summed E-state index contributed by atoms with van der Waals surface area (Å²) in [6, 6.07) is 14.1. The summed E-state index contributed by atoms with van der Waals surface area (Å²) < 4.78 is 14.9. The predicted molar refractivity (Wildman–Crippen MR) is 111 cm³/mol. The second-order valence-electron chi connectivity index (χ2n) is 7.00. The molecule has 8 heteroatoms. The van der Waals surface area contributed by atoms with Crippen molar-refractivity contribution in [3.05, 3.63) is 87.9 Å². The third-order valence-corrected chi connectivity index (χ3v) is 4.79. The number of benzene rings is 2. The zero-order valence-corrected chi connectivity index (χ0v) is 16.4. The van der Waals surface area contributed by atoms with E-state index < -0.39 is 0 Å². The average Bonchev–Trinajstić information content (AvgIpc) is 3.18. The van der Waals surface area contributed by atoms with Crippen molar-refractivity contribution in [1.82, 2.24) is 25.1 Å². The molecule has 1 amide bonds. The van der Waals surface area contributed by atoms with Crippen molar-refractivity contribution in [2.75, 3.05) is 0 Å². The first kappa shape index (κ1) is 19.5. The normalized spacial score (nSPS) is 11.0. The quantitative estimate of drug-likeness (QED) is 0.516. The zero-order chi connectivity index (χ0) is 21.1. The summed E-state index contributed by atoms with van der Waals surface area (Å²) in [7, 11) is 0. The number of halogens is 1. The standard InChI is InChI=1S/C22H20FN5O2/c1-14-11-15(7-8-18(14)23)12-24-20(29)10-9-19-26-21-17(22(30)27-19)13-25-28(21)16-5-3-2-4-6-16/h2-8,11,13H,9-10,12H2,1H3,(H,24,29)(H,26,27,30). The molecule has 4 aromatic rings. The fourth-order valence-electron chi connectivity index (χ4n) is 3.18. The summed E-state index contributed by atoms with van der Waals surface area (Å²) in [5.41, 5.74) is 2.30. The number of para-hydroxylation sites is 1. The Kier molecular flexibility index (Phi) is 5.38. The Morgan fingerprint density at radius 1 is 1.20 bits per heavy atom. The smallest absolute Gasteiger partial charge is 0.262 e. The Morgan fingerprint density at radius 3 is 2.77 bits per heavy atom. The van der Waals surface area contributed by atoms with Crippen LogP contribution in [0.1, 0.15) is 23.4 Å². The largest absolute Gasteiger partial charge is 0.352 e. The summed E-state index contributed by atoms with van der Waals surface area (Å²) in [6.07, 6.45) is 1.92. The lowest BCUT2D eigenvalue weighted by Gasteiger charge is -2.07. The van der Waals surface area contributed by atoms with Crippen LogP contribution in [0.25, 0.3) is 16.7 Å². The number of carbonyl (C=O) groups excluding carboxylic acids is 1. The van der Waals surface area contributed by atoms with Gasteiger partial charge in [0.1, 0.15) is 17.0 Å². The Hall–Kier alpha value is -3.81. The van der Waals surface area contributed by atoms with Crippen LogP contribution in [0.2, 0.25) is 0 Å². The van der Waals surface area contributed by atoms with Crippen LogP contribution in [0, 0.1) is 12.7 Å². The van der Waals surface area contributed by atoms with Crippen LogP contribution in [0.4, 0.5) is 4.39 Å². The molecule has 0 bridgehead atoms. The molecule has 2 heterocycles. The maximum absolute atomic E-state index is 13.3. The van der Waals surface area contributed by atoms with Gasteiger partial charge in [-0.25, -0.2) is 14.1 Å². The summed E-state index contributed by atoms with van der Waals surface area (Å²) in [5, 5.41) is 7.46. The van der Waals surface area contributed by atoms with Gasteiger partial charge in [0.25, 0.3) is 5.56 Å². The van der Waals surface area contributed by atoms with Crippen molar-refractivity contribution in [2.45, 2.75) is 26.3 Å². The van der Waals surface area contributed by atoms with Gasteiger partial charge in [0, 0.05) is 19.4 Å². The molecule has 0 spiro atoms. The molecule has 0 aliphatic heterocycles. The van der Waals surface area contributed by atoms with Crippen LogP contribution in [-0.4, -0.2) is 25.7 Å². The number of aromatic nitrogens is 4. The number of H-pyrrole nitrogens is 1. The molecule has 2 N–H and O–H groups in total. The summed E-state index contributed by atoms with van der Waals surface area (Å²) in [6.45, 7) is 1.99. The number of rotatable bonds is 6. The lowest BCUT2D eigenvalue weighted by atomic mass is 10.1. The van der Waals surface area contributed by atoms with E-state index >= 15 is 0 Å². The van der Waals surface area contributed by atoms with Crippen LogP contribution in [-0.2, 0) is 17.8 Å². The van der Waals surface area contributed by atoms with Crippen LogP contribution in [0.3, 0.4) is 0 Å². The van der Waals surface area contributed by atoms with E-state index in [1.54, 1.807) is 23.7 Å². The number of aryl methyl sites for hydroxylation is 2. The van der Waals surface area contributed by atoms with Gasteiger partial charge in [0.15, 0.2) is 5.65 Å². The molecular formula is C22H20FN5O2. The van der Waals surface area contributed by atoms with E-state index in [0.717, 1.165) is 11.3 Å². The molecule has 30 heavy (non-hydrogen) atoms. The summed E-state index contributed by atoms with van der Waals surface area (Å²) in [4.78, 5) is 31.8. The van der Waals surface area contributed by atoms with Gasteiger partial charge < -0.3 is 10.3 Å². The summed E-state index contributed by atoms with van der Waals surface area (Å²) in [5.74, 6) is -0.0421. The van der Waals surface area contributed by atoms with Gasteiger partial charge in [-0.05, 0) is 36.2 Å². The van der Waals surface area contributed by atoms with Crippen LogP contribution in [0.5, 0.6) is 0 Å². The summed E-state index contributed by atoms with van der Waals surface area (Å²) >= 11 is 0. The SMILES string of the molecule is Cc1cc(CNC(=O)CCc2nc3c(cnn3-c3ccccc3)c(=O)[nH]2)ccc1F. The van der Waals surface area contributed by atoms with Crippen LogP contribution in [0.15, 0.2) is 59.5 Å². The number of hydrogen-bond donors (Lipinski definition) is 2. The molecule has 0 aliphatic carbocycles. The number of fused-ring (bicyclic) bond motifs is 1. The molecule has 0 atom stereocenters. The number of amides is 1. The fourth-order valence-corrected chi connectivity index (χ4v) is 3.18. The predicted octanol–water partition coefficient (Wildman–Crippen LogP) is 2.81. The lowest BCUT2D eigenvalue weighted by Crippen LogP contribution is -2.24. The molecule has 0 saturated carbocycles. The maximum atomic E-state index is 13.3. The van der Waals surface area contributed by atoms with E-state index in [0.29, 0.717) is 29.0 Å². The number of carbonyl (C=O) groups is 1. The zero-order valence-electron chi connectivity index (χ0n) is 16.4. The van der Waals surface area contributed by atoms with Crippen molar-refractivity contribution in [3.8, 4) is 5.69 Å². The highest BCUT2D eigenvalue weighted by atomic mass is 19.1. The van der Waals surface area contributed by atoms with E-state index in [-0.39, 0.29) is 30.1 Å². The van der Waals surface area contributed by atoms with Crippen molar-refractivity contribution < 1.29 is 9.18 Å². The number of aromatic amines is 1. The Bertz CT molecular complexity index is 1260. The molecule has 4 rings (SSSR count). The lowest BCUT2D eigenvalue weighted by molar-refractivity contribution is -0.121. The van der Waals surface area contributed by atoms with E-state index in [9.17, 15) is 14.0 Å². The molecule has 0 radical (unpaired) electrons. The molecule has 152 valence electrons. The average molecular weight is 405 g/mol. The number of nitrogens with zero attached hydrogens (tertiary/aromatic N) is 3. The minimum atomic E-state index is -0.292.